The highest BCUT2D eigenvalue weighted by molar-refractivity contribution is 5.86. The topological polar surface area (TPSA) is 53.8 Å². The Bertz CT molecular complexity index is 1210. The first-order valence-electron chi connectivity index (χ1n) is 12.9. The van der Waals surface area contributed by atoms with E-state index in [0.717, 1.165) is 49.4 Å². The van der Waals surface area contributed by atoms with Gasteiger partial charge in [0.1, 0.15) is 5.75 Å². The molecule has 3 heterocycles. The van der Waals surface area contributed by atoms with Crippen molar-refractivity contribution < 1.29 is 22.7 Å². The van der Waals surface area contributed by atoms with Gasteiger partial charge in [-0.3, -0.25) is 9.69 Å². The van der Waals surface area contributed by atoms with Gasteiger partial charge in [-0.1, -0.05) is 12.1 Å². The number of hydrogen-bond donors (Lipinski definition) is 0. The quantitative estimate of drug-likeness (QED) is 0.484. The maximum atomic E-state index is 14.0. The van der Waals surface area contributed by atoms with Crippen LogP contribution in [0, 0.1) is 0 Å². The summed E-state index contributed by atoms with van der Waals surface area (Å²) in [5, 5.41) is 4.26. The monoisotopic (exact) mass is 527 g/mol. The molecule has 38 heavy (non-hydrogen) atoms. The molecule has 202 valence electrons. The number of piperazine rings is 1. The number of likely N-dealkylation sites (tertiary alicyclic amines) is 1. The largest absolute Gasteiger partial charge is 0.476 e. The molecule has 1 aromatic heterocycles. The standard InChI is InChI=1S/C28H32F3N5O2/c1-33-16-18-35(19-17-33)26(37)27(38-25-10-6-23(7-11-25)28(29,30)31)12-2-14-34(21-27)20-22-4-8-24(9-5-22)36-15-3-13-32-36/h3-11,13,15H,2,12,14,16-21H2,1H3. The van der Waals surface area contributed by atoms with E-state index < -0.39 is 17.3 Å². The van der Waals surface area contributed by atoms with Gasteiger partial charge in [0.2, 0.25) is 0 Å². The van der Waals surface area contributed by atoms with Crippen LogP contribution in [0.25, 0.3) is 5.69 Å². The van der Waals surface area contributed by atoms with E-state index in [4.69, 9.17) is 4.74 Å². The summed E-state index contributed by atoms with van der Waals surface area (Å²) in [5.41, 5.74) is 0.150. The molecule has 2 aliphatic rings. The minimum absolute atomic E-state index is 0.0933. The molecule has 0 spiro atoms. The zero-order chi connectivity index (χ0) is 26.8. The summed E-state index contributed by atoms with van der Waals surface area (Å²) in [5.74, 6) is 0.176. The highest BCUT2D eigenvalue weighted by Crippen LogP contribution is 2.34. The van der Waals surface area contributed by atoms with Gasteiger partial charge < -0.3 is 14.5 Å². The Hall–Kier alpha value is -3.37. The summed E-state index contributed by atoms with van der Waals surface area (Å²) in [7, 11) is 2.02. The zero-order valence-electron chi connectivity index (χ0n) is 21.4. The Morgan fingerprint density at radius 1 is 1.00 bits per heavy atom. The van der Waals surface area contributed by atoms with E-state index in [-0.39, 0.29) is 11.7 Å². The first-order valence-corrected chi connectivity index (χ1v) is 12.9. The van der Waals surface area contributed by atoms with Gasteiger partial charge in [0.05, 0.1) is 11.3 Å². The molecule has 2 aliphatic heterocycles. The first-order chi connectivity index (χ1) is 18.2. The third-order valence-electron chi connectivity index (χ3n) is 7.32. The van der Waals surface area contributed by atoms with Crippen molar-refractivity contribution >= 4 is 5.91 Å². The molecule has 1 atom stereocenters. The van der Waals surface area contributed by atoms with E-state index in [9.17, 15) is 18.0 Å². The Labute approximate surface area is 220 Å². The minimum atomic E-state index is -4.43. The third-order valence-corrected chi connectivity index (χ3v) is 7.32. The van der Waals surface area contributed by atoms with Crippen LogP contribution in [-0.2, 0) is 17.5 Å². The number of alkyl halides is 3. The van der Waals surface area contributed by atoms with Crippen LogP contribution in [0.4, 0.5) is 13.2 Å². The number of aromatic nitrogens is 2. The van der Waals surface area contributed by atoms with Crippen LogP contribution in [0.5, 0.6) is 5.75 Å². The summed E-state index contributed by atoms with van der Waals surface area (Å²) in [6, 6.07) is 14.6. The Balaban J connectivity index is 1.36. The van der Waals surface area contributed by atoms with Crippen LogP contribution in [0.15, 0.2) is 67.0 Å². The molecule has 1 unspecified atom stereocenters. The molecule has 3 aromatic rings. The highest BCUT2D eigenvalue weighted by Gasteiger charge is 2.47. The third kappa shape index (κ3) is 5.86. The Kier molecular flexibility index (Phi) is 7.45. The van der Waals surface area contributed by atoms with E-state index >= 15 is 0 Å². The van der Waals surface area contributed by atoms with E-state index in [1.54, 1.807) is 10.9 Å². The number of ether oxygens (including phenoxy) is 1. The molecule has 0 radical (unpaired) electrons. The first kappa shape index (κ1) is 26.2. The molecule has 0 aliphatic carbocycles. The van der Waals surface area contributed by atoms with Crippen molar-refractivity contribution in [2.75, 3.05) is 46.3 Å². The van der Waals surface area contributed by atoms with Crippen molar-refractivity contribution in [1.29, 1.82) is 0 Å². The number of benzene rings is 2. The van der Waals surface area contributed by atoms with Crippen LogP contribution in [0.3, 0.4) is 0 Å². The number of likely N-dealkylation sites (N-methyl/N-ethyl adjacent to an activating group) is 1. The molecule has 2 aromatic carbocycles. The maximum Gasteiger partial charge on any atom is 0.416 e. The Morgan fingerprint density at radius 2 is 1.71 bits per heavy atom. The normalized spacial score (nSPS) is 21.4. The lowest BCUT2D eigenvalue weighted by Crippen LogP contribution is -2.63. The average Bonchev–Trinajstić information content (AvgIpc) is 3.44. The van der Waals surface area contributed by atoms with E-state index in [2.05, 4.69) is 14.9 Å². The second kappa shape index (κ2) is 10.8. The molecule has 7 nitrogen and oxygen atoms in total. The van der Waals surface area contributed by atoms with Crippen molar-refractivity contribution in [3.05, 3.63) is 78.1 Å². The highest BCUT2D eigenvalue weighted by atomic mass is 19.4. The number of carbonyl (C=O) groups is 1. The summed E-state index contributed by atoms with van der Waals surface area (Å²) in [6.45, 7) is 4.54. The number of amides is 1. The van der Waals surface area contributed by atoms with E-state index in [1.165, 1.54) is 12.1 Å². The lowest BCUT2D eigenvalue weighted by Gasteiger charge is -2.45. The molecule has 0 bridgehead atoms. The van der Waals surface area contributed by atoms with Crippen LogP contribution in [0.2, 0.25) is 0 Å². The predicted molar refractivity (Wildman–Crippen MR) is 137 cm³/mol. The number of rotatable bonds is 6. The lowest BCUT2D eigenvalue weighted by molar-refractivity contribution is -0.155. The van der Waals surface area contributed by atoms with Crippen molar-refractivity contribution in [2.24, 2.45) is 0 Å². The molecule has 0 N–H and O–H groups in total. The molecule has 2 fully saturated rings. The predicted octanol–water partition coefficient (Wildman–Crippen LogP) is 4.08. The molecule has 10 heteroatoms. The second-order valence-electron chi connectivity index (χ2n) is 10.1. The number of piperidine rings is 1. The van der Waals surface area contributed by atoms with Crippen LogP contribution in [0.1, 0.15) is 24.0 Å². The van der Waals surface area contributed by atoms with Crippen molar-refractivity contribution in [3.63, 3.8) is 0 Å². The molecule has 0 saturated carbocycles. The van der Waals surface area contributed by atoms with Gasteiger partial charge in [0.25, 0.3) is 5.91 Å². The van der Waals surface area contributed by atoms with Gasteiger partial charge in [-0.25, -0.2) is 4.68 Å². The smallest absolute Gasteiger partial charge is 0.416 e. The molecular formula is C28H32F3N5O2. The Morgan fingerprint density at radius 3 is 2.34 bits per heavy atom. The fourth-order valence-corrected chi connectivity index (χ4v) is 5.21. The number of carbonyl (C=O) groups excluding carboxylic acids is 1. The summed E-state index contributed by atoms with van der Waals surface area (Å²) in [6.07, 6.45) is 0.436. The van der Waals surface area contributed by atoms with Crippen molar-refractivity contribution in [1.82, 2.24) is 24.5 Å². The minimum Gasteiger partial charge on any atom is -0.476 e. The van der Waals surface area contributed by atoms with Crippen molar-refractivity contribution in [3.8, 4) is 11.4 Å². The van der Waals surface area contributed by atoms with Gasteiger partial charge in [0.15, 0.2) is 5.60 Å². The average molecular weight is 528 g/mol. The van der Waals surface area contributed by atoms with Crippen LogP contribution < -0.4 is 4.74 Å². The number of halogens is 3. The van der Waals surface area contributed by atoms with Gasteiger partial charge in [-0.05, 0) is 74.5 Å². The van der Waals surface area contributed by atoms with E-state index in [0.29, 0.717) is 32.6 Å². The summed E-state index contributed by atoms with van der Waals surface area (Å²) >= 11 is 0. The molecule has 2 saturated heterocycles. The maximum absolute atomic E-state index is 14.0. The SMILES string of the molecule is CN1CCN(C(=O)C2(Oc3ccc(C(F)(F)F)cc3)CCCN(Cc3ccc(-n4cccn4)cc3)C2)CC1. The zero-order valence-corrected chi connectivity index (χ0v) is 21.4. The molecule has 1 amide bonds. The fourth-order valence-electron chi connectivity index (χ4n) is 5.21. The summed E-state index contributed by atoms with van der Waals surface area (Å²) < 4.78 is 47.5. The fraction of sp³-hybridized carbons (Fsp3) is 0.429. The van der Waals surface area contributed by atoms with Gasteiger partial charge >= 0.3 is 6.18 Å². The van der Waals surface area contributed by atoms with Gasteiger partial charge in [-0.2, -0.15) is 18.3 Å². The van der Waals surface area contributed by atoms with E-state index in [1.807, 2.05) is 48.5 Å². The molecular weight excluding hydrogens is 495 g/mol. The number of hydrogen-bond acceptors (Lipinski definition) is 5. The molecule has 5 rings (SSSR count). The second-order valence-corrected chi connectivity index (χ2v) is 10.1. The van der Waals surface area contributed by atoms with Crippen LogP contribution >= 0.6 is 0 Å². The lowest BCUT2D eigenvalue weighted by atomic mass is 9.90. The van der Waals surface area contributed by atoms with Gasteiger partial charge in [0, 0.05) is 51.7 Å². The summed E-state index contributed by atoms with van der Waals surface area (Å²) in [4.78, 5) is 20.2. The van der Waals surface area contributed by atoms with Crippen LogP contribution in [-0.4, -0.2) is 82.3 Å². The van der Waals surface area contributed by atoms with Crippen molar-refractivity contribution in [2.45, 2.75) is 31.2 Å². The number of nitrogens with zero attached hydrogens (tertiary/aromatic N) is 5. The van der Waals surface area contributed by atoms with Gasteiger partial charge in [-0.15, -0.1) is 0 Å².